The number of urea groups is 1. The molecular weight excluding hydrogens is 472 g/mol. The number of hydrogen-bond acceptors (Lipinski definition) is 6. The number of carbonyl (C=O) groups is 2. The molecule has 0 saturated heterocycles. The number of fused-ring (bicyclic) bond motifs is 1. The topological polar surface area (TPSA) is 103 Å². The molecule has 0 spiro atoms. The van der Waals surface area contributed by atoms with Gasteiger partial charge in [-0.3, -0.25) is 4.79 Å². The summed E-state index contributed by atoms with van der Waals surface area (Å²) < 4.78 is 11.7. The first kappa shape index (κ1) is 26.8. The van der Waals surface area contributed by atoms with Crippen LogP contribution in [-0.4, -0.2) is 79.4 Å². The molecule has 1 fully saturated rings. The van der Waals surface area contributed by atoms with Crippen molar-refractivity contribution in [1.29, 1.82) is 0 Å². The predicted octanol–water partition coefficient (Wildman–Crippen LogP) is 3.90. The van der Waals surface area contributed by atoms with E-state index in [1.807, 2.05) is 6.92 Å². The van der Waals surface area contributed by atoms with Gasteiger partial charge >= 0.3 is 6.03 Å². The highest BCUT2D eigenvalue weighted by molar-refractivity contribution is 6.04. The van der Waals surface area contributed by atoms with E-state index in [9.17, 15) is 14.7 Å². The molecule has 0 bridgehead atoms. The summed E-state index contributed by atoms with van der Waals surface area (Å²) in [5.41, 5.74) is 1.38. The van der Waals surface area contributed by atoms with E-state index in [4.69, 9.17) is 9.47 Å². The highest BCUT2D eigenvalue weighted by Crippen LogP contribution is 2.35. The number of likely N-dealkylation sites (N-methyl/N-ethyl adjacent to an activating group) is 1. The van der Waals surface area contributed by atoms with Gasteiger partial charge in [-0.15, -0.1) is 0 Å². The van der Waals surface area contributed by atoms with E-state index in [1.165, 1.54) is 12.8 Å². The van der Waals surface area contributed by atoms with Crippen molar-refractivity contribution in [1.82, 2.24) is 9.80 Å². The van der Waals surface area contributed by atoms with Crippen LogP contribution < -0.4 is 20.1 Å². The second-order valence-corrected chi connectivity index (χ2v) is 10.3. The summed E-state index contributed by atoms with van der Waals surface area (Å²) in [7, 11) is 3.68. The quantitative estimate of drug-likeness (QED) is 0.473. The number of aliphatic hydroxyl groups is 1. The molecule has 0 aromatic heterocycles. The van der Waals surface area contributed by atoms with Crippen LogP contribution in [0.2, 0.25) is 0 Å². The fourth-order valence-electron chi connectivity index (χ4n) is 4.64. The van der Waals surface area contributed by atoms with Crippen molar-refractivity contribution in [2.45, 2.75) is 38.8 Å². The Hall–Kier alpha value is -3.30. The number of aliphatic hydroxyl groups excluding tert-OH is 1. The second kappa shape index (κ2) is 11.8. The van der Waals surface area contributed by atoms with Gasteiger partial charge in [0.2, 0.25) is 0 Å². The van der Waals surface area contributed by atoms with Gasteiger partial charge in [-0.05, 0) is 69.1 Å². The Balaban J connectivity index is 1.61. The van der Waals surface area contributed by atoms with Gasteiger partial charge in [0.15, 0.2) is 5.75 Å². The number of amides is 3. The zero-order chi connectivity index (χ0) is 26.5. The molecule has 4 rings (SSSR count). The van der Waals surface area contributed by atoms with E-state index in [-0.39, 0.29) is 30.6 Å². The summed E-state index contributed by atoms with van der Waals surface area (Å²) in [4.78, 5) is 30.5. The summed E-state index contributed by atoms with van der Waals surface area (Å²) in [5, 5.41) is 15.5. The minimum absolute atomic E-state index is 0.00827. The molecule has 3 N–H and O–H groups in total. The number of hydrogen-bond donors (Lipinski definition) is 3. The summed E-state index contributed by atoms with van der Waals surface area (Å²) in [6, 6.07) is 11.4. The Labute approximate surface area is 218 Å². The fraction of sp³-hybridized carbons (Fsp3) is 0.500. The third-order valence-electron chi connectivity index (χ3n) is 7.05. The van der Waals surface area contributed by atoms with Crippen LogP contribution in [0.5, 0.6) is 11.5 Å². The van der Waals surface area contributed by atoms with Crippen molar-refractivity contribution >= 4 is 23.3 Å². The van der Waals surface area contributed by atoms with Crippen molar-refractivity contribution in [2.24, 2.45) is 11.8 Å². The van der Waals surface area contributed by atoms with Crippen molar-refractivity contribution in [2.75, 3.05) is 51.0 Å². The SMILES string of the molecule is COc1ccc(NC(=O)Nc2cccc3c2O[C@H](CN(C)CC2CC2)[C@@H](C)CN([C@H](C)CO)C3=O)cc1. The molecule has 200 valence electrons. The maximum absolute atomic E-state index is 13.6. The molecule has 3 atom stereocenters. The Kier molecular flexibility index (Phi) is 8.56. The number of anilines is 2. The van der Waals surface area contributed by atoms with Gasteiger partial charge in [-0.1, -0.05) is 13.0 Å². The molecule has 1 saturated carbocycles. The Morgan fingerprint density at radius 3 is 2.57 bits per heavy atom. The van der Waals surface area contributed by atoms with Crippen molar-refractivity contribution in [3.63, 3.8) is 0 Å². The maximum Gasteiger partial charge on any atom is 0.323 e. The number of nitrogens with one attached hydrogen (secondary N) is 2. The van der Waals surface area contributed by atoms with Crippen LogP contribution in [0.3, 0.4) is 0 Å². The predicted molar refractivity (Wildman–Crippen MR) is 143 cm³/mol. The first-order valence-corrected chi connectivity index (χ1v) is 12.9. The molecule has 0 unspecified atom stereocenters. The molecule has 1 heterocycles. The number of ether oxygens (including phenoxy) is 2. The fourth-order valence-corrected chi connectivity index (χ4v) is 4.64. The lowest BCUT2D eigenvalue weighted by Crippen LogP contribution is -2.50. The molecule has 3 amide bonds. The molecule has 9 nitrogen and oxygen atoms in total. The van der Waals surface area contributed by atoms with Crippen LogP contribution in [0.4, 0.5) is 16.2 Å². The second-order valence-electron chi connectivity index (χ2n) is 10.3. The van der Waals surface area contributed by atoms with E-state index >= 15 is 0 Å². The van der Waals surface area contributed by atoms with E-state index in [1.54, 1.807) is 54.5 Å². The highest BCUT2D eigenvalue weighted by atomic mass is 16.5. The normalized spacial score (nSPS) is 20.4. The zero-order valence-corrected chi connectivity index (χ0v) is 22.1. The molecule has 1 aliphatic heterocycles. The maximum atomic E-state index is 13.6. The van der Waals surface area contributed by atoms with E-state index < -0.39 is 6.03 Å². The van der Waals surface area contributed by atoms with Crippen LogP contribution in [0.25, 0.3) is 0 Å². The lowest BCUT2D eigenvalue weighted by atomic mass is 9.99. The average molecular weight is 511 g/mol. The van der Waals surface area contributed by atoms with Gasteiger partial charge in [0.1, 0.15) is 11.9 Å². The smallest absolute Gasteiger partial charge is 0.323 e. The molecule has 2 aromatic rings. The van der Waals surface area contributed by atoms with Gasteiger partial charge in [0.25, 0.3) is 5.91 Å². The number of rotatable bonds is 9. The third kappa shape index (κ3) is 6.72. The van der Waals surface area contributed by atoms with Crippen LogP contribution in [0.1, 0.15) is 37.0 Å². The van der Waals surface area contributed by atoms with Gasteiger partial charge in [-0.2, -0.15) is 0 Å². The summed E-state index contributed by atoms with van der Waals surface area (Å²) in [6.45, 7) is 5.95. The average Bonchev–Trinajstić information content (AvgIpc) is 3.70. The van der Waals surface area contributed by atoms with E-state index in [2.05, 4.69) is 29.5 Å². The number of nitrogens with zero attached hydrogens (tertiary/aromatic N) is 2. The summed E-state index contributed by atoms with van der Waals surface area (Å²) >= 11 is 0. The summed E-state index contributed by atoms with van der Waals surface area (Å²) in [6.07, 6.45) is 2.32. The standard InChI is InChI=1S/C28H38N4O5/c1-18-14-32(19(2)17-33)27(34)23-6-5-7-24(26(23)37-25(18)16-31(3)15-20-8-9-20)30-28(35)29-21-10-12-22(36-4)13-11-21/h5-7,10-13,18-20,25,33H,8-9,14-17H2,1-4H3,(H2,29,30,35)/t18-,19+,25+/m0/s1. The van der Waals surface area contributed by atoms with Crippen LogP contribution >= 0.6 is 0 Å². The Morgan fingerprint density at radius 2 is 1.92 bits per heavy atom. The Bertz CT molecular complexity index is 1090. The molecule has 37 heavy (non-hydrogen) atoms. The van der Waals surface area contributed by atoms with Crippen LogP contribution in [0.15, 0.2) is 42.5 Å². The number of methoxy groups -OCH3 is 1. The molecular formula is C28H38N4O5. The summed E-state index contributed by atoms with van der Waals surface area (Å²) in [5.74, 6) is 1.56. The van der Waals surface area contributed by atoms with Crippen molar-refractivity contribution < 1.29 is 24.2 Å². The van der Waals surface area contributed by atoms with Gasteiger partial charge in [0.05, 0.1) is 31.0 Å². The molecule has 0 radical (unpaired) electrons. The number of benzene rings is 2. The molecule has 2 aliphatic rings. The molecule has 9 heteroatoms. The zero-order valence-electron chi connectivity index (χ0n) is 22.1. The van der Waals surface area contributed by atoms with Crippen LogP contribution in [0, 0.1) is 11.8 Å². The van der Waals surface area contributed by atoms with Gasteiger partial charge in [-0.25, -0.2) is 4.79 Å². The van der Waals surface area contributed by atoms with Gasteiger partial charge < -0.3 is 35.0 Å². The monoisotopic (exact) mass is 510 g/mol. The lowest BCUT2D eigenvalue weighted by molar-refractivity contribution is 0.0346. The van der Waals surface area contributed by atoms with E-state index in [0.29, 0.717) is 41.5 Å². The van der Waals surface area contributed by atoms with E-state index in [0.717, 1.165) is 12.5 Å². The first-order chi connectivity index (χ1) is 17.8. The van der Waals surface area contributed by atoms with Crippen molar-refractivity contribution in [3.05, 3.63) is 48.0 Å². The van der Waals surface area contributed by atoms with Crippen LogP contribution in [-0.2, 0) is 0 Å². The largest absolute Gasteiger partial charge is 0.497 e. The molecule has 2 aromatic carbocycles. The minimum atomic E-state index is -0.451. The number of carbonyl (C=O) groups excluding carboxylic acids is 2. The van der Waals surface area contributed by atoms with Gasteiger partial charge in [0, 0.05) is 31.2 Å². The lowest BCUT2D eigenvalue weighted by Gasteiger charge is -2.38. The highest BCUT2D eigenvalue weighted by Gasteiger charge is 2.35. The van der Waals surface area contributed by atoms with Crippen molar-refractivity contribution in [3.8, 4) is 11.5 Å². The molecule has 1 aliphatic carbocycles. The minimum Gasteiger partial charge on any atom is -0.497 e. The first-order valence-electron chi connectivity index (χ1n) is 12.9. The Morgan fingerprint density at radius 1 is 1.19 bits per heavy atom. The number of para-hydroxylation sites is 1. The third-order valence-corrected chi connectivity index (χ3v) is 7.05.